The predicted octanol–water partition coefficient (Wildman–Crippen LogP) is 0.269. The number of rotatable bonds is 6. The number of nitrogens with two attached hydrogens (primary N) is 1. The van der Waals surface area contributed by atoms with Crippen molar-refractivity contribution in [2.75, 3.05) is 19.4 Å². The summed E-state index contributed by atoms with van der Waals surface area (Å²) >= 11 is 0. The van der Waals surface area contributed by atoms with Crippen LogP contribution >= 0.6 is 0 Å². The maximum Gasteiger partial charge on any atom is 0.311 e. The third-order valence-electron chi connectivity index (χ3n) is 1.74. The normalized spacial score (nSPS) is 14.4. The number of carbonyl (C=O) groups excluding carboxylic acids is 1. The molecule has 1 atom stereocenters. The van der Waals surface area contributed by atoms with Gasteiger partial charge in [-0.2, -0.15) is 8.42 Å². The van der Waals surface area contributed by atoms with Crippen molar-refractivity contribution in [2.24, 2.45) is 11.7 Å². The second-order valence-corrected chi connectivity index (χ2v) is 6.44. The molecule has 0 aliphatic rings. The molecular formula is C10H21NO5S. The van der Waals surface area contributed by atoms with Gasteiger partial charge in [-0.1, -0.05) is 0 Å². The summed E-state index contributed by atoms with van der Waals surface area (Å²) in [5, 5.41) is 0. The minimum Gasteiger partial charge on any atom is -0.460 e. The van der Waals surface area contributed by atoms with Crippen LogP contribution in [0.2, 0.25) is 0 Å². The van der Waals surface area contributed by atoms with E-state index in [0.717, 1.165) is 6.26 Å². The van der Waals surface area contributed by atoms with Gasteiger partial charge in [0.2, 0.25) is 0 Å². The topological polar surface area (TPSA) is 95.7 Å². The summed E-state index contributed by atoms with van der Waals surface area (Å²) in [6.07, 6.45) is 1.26. The molecule has 0 aromatic heterocycles. The summed E-state index contributed by atoms with van der Waals surface area (Å²) < 4.78 is 31.4. The zero-order valence-electron chi connectivity index (χ0n) is 10.7. The van der Waals surface area contributed by atoms with E-state index in [9.17, 15) is 13.2 Å². The van der Waals surface area contributed by atoms with Crippen LogP contribution in [0.1, 0.15) is 27.2 Å². The SMILES string of the molecule is CC(C)(C)OC(=O)C(CCN)COS(C)(=O)=O. The average Bonchev–Trinajstić information content (AvgIpc) is 2.07. The van der Waals surface area contributed by atoms with Crippen molar-refractivity contribution in [3.8, 4) is 0 Å². The van der Waals surface area contributed by atoms with Gasteiger partial charge in [0.1, 0.15) is 5.60 Å². The smallest absolute Gasteiger partial charge is 0.311 e. The Bertz CT molecular complexity index is 344. The molecular weight excluding hydrogens is 246 g/mol. The molecule has 0 bridgehead atoms. The first kappa shape index (κ1) is 16.3. The van der Waals surface area contributed by atoms with Crippen molar-refractivity contribution in [2.45, 2.75) is 32.8 Å². The van der Waals surface area contributed by atoms with Gasteiger partial charge in [-0.05, 0) is 33.7 Å². The van der Waals surface area contributed by atoms with E-state index in [2.05, 4.69) is 4.18 Å². The second kappa shape index (κ2) is 6.32. The highest BCUT2D eigenvalue weighted by Crippen LogP contribution is 2.14. The van der Waals surface area contributed by atoms with Crippen LogP contribution in [0.4, 0.5) is 0 Å². The Balaban J connectivity index is 4.47. The van der Waals surface area contributed by atoms with Gasteiger partial charge in [-0.25, -0.2) is 0 Å². The molecule has 17 heavy (non-hydrogen) atoms. The average molecular weight is 267 g/mol. The molecule has 7 heteroatoms. The minimum atomic E-state index is -3.56. The summed E-state index contributed by atoms with van der Waals surface area (Å²) in [6.45, 7) is 5.24. The molecule has 102 valence electrons. The summed E-state index contributed by atoms with van der Waals surface area (Å²) in [5.41, 5.74) is 4.74. The van der Waals surface area contributed by atoms with Crippen LogP contribution in [0, 0.1) is 5.92 Å². The molecule has 0 radical (unpaired) electrons. The van der Waals surface area contributed by atoms with E-state index < -0.39 is 27.6 Å². The van der Waals surface area contributed by atoms with Gasteiger partial charge in [-0.3, -0.25) is 8.98 Å². The Labute approximate surface area is 103 Å². The highest BCUT2D eigenvalue weighted by atomic mass is 32.2. The Kier molecular flexibility index (Phi) is 6.08. The van der Waals surface area contributed by atoms with Crippen LogP contribution in [-0.4, -0.2) is 39.4 Å². The van der Waals surface area contributed by atoms with E-state index in [1.165, 1.54) is 0 Å². The van der Waals surface area contributed by atoms with E-state index in [-0.39, 0.29) is 13.2 Å². The zero-order chi connectivity index (χ0) is 13.7. The monoisotopic (exact) mass is 267 g/mol. The number of hydrogen-bond acceptors (Lipinski definition) is 6. The fourth-order valence-electron chi connectivity index (χ4n) is 1.06. The molecule has 0 spiro atoms. The molecule has 0 fully saturated rings. The molecule has 0 amide bonds. The number of carbonyl (C=O) groups is 1. The van der Waals surface area contributed by atoms with E-state index in [0.29, 0.717) is 6.42 Å². The predicted molar refractivity (Wildman–Crippen MR) is 63.8 cm³/mol. The van der Waals surface area contributed by atoms with Gasteiger partial charge in [-0.15, -0.1) is 0 Å². The van der Waals surface area contributed by atoms with Crippen molar-refractivity contribution < 1.29 is 22.1 Å². The maximum atomic E-state index is 11.7. The van der Waals surface area contributed by atoms with Crippen molar-refractivity contribution >= 4 is 16.1 Å². The number of ether oxygens (including phenoxy) is 1. The summed E-state index contributed by atoms with van der Waals surface area (Å²) in [5.74, 6) is -1.15. The van der Waals surface area contributed by atoms with E-state index in [1.54, 1.807) is 20.8 Å². The van der Waals surface area contributed by atoms with Gasteiger partial charge in [0, 0.05) is 0 Å². The summed E-state index contributed by atoms with van der Waals surface area (Å²) in [6, 6.07) is 0. The van der Waals surface area contributed by atoms with Gasteiger partial charge in [0.25, 0.3) is 10.1 Å². The Morgan fingerprint density at radius 2 is 1.88 bits per heavy atom. The minimum absolute atomic E-state index is 0.231. The van der Waals surface area contributed by atoms with Crippen molar-refractivity contribution in [3.63, 3.8) is 0 Å². The number of esters is 1. The van der Waals surface area contributed by atoms with E-state index in [4.69, 9.17) is 10.5 Å². The van der Waals surface area contributed by atoms with E-state index >= 15 is 0 Å². The largest absolute Gasteiger partial charge is 0.460 e. The van der Waals surface area contributed by atoms with Crippen molar-refractivity contribution in [1.29, 1.82) is 0 Å². The lowest BCUT2D eigenvalue weighted by Gasteiger charge is -2.23. The fraction of sp³-hybridized carbons (Fsp3) is 0.900. The van der Waals surface area contributed by atoms with E-state index in [1.807, 2.05) is 0 Å². The lowest BCUT2D eigenvalue weighted by atomic mass is 10.1. The number of hydrogen-bond donors (Lipinski definition) is 1. The highest BCUT2D eigenvalue weighted by molar-refractivity contribution is 7.85. The first-order chi connectivity index (χ1) is 7.55. The molecule has 0 saturated heterocycles. The Morgan fingerprint density at radius 1 is 1.35 bits per heavy atom. The van der Waals surface area contributed by atoms with Gasteiger partial charge < -0.3 is 10.5 Å². The molecule has 0 aliphatic heterocycles. The Hall–Kier alpha value is -0.660. The van der Waals surface area contributed by atoms with Gasteiger partial charge in [0.05, 0.1) is 18.8 Å². The first-order valence-corrected chi connectivity index (χ1v) is 7.14. The quantitative estimate of drug-likeness (QED) is 0.548. The van der Waals surface area contributed by atoms with Crippen LogP contribution in [0.15, 0.2) is 0 Å². The molecule has 0 saturated carbocycles. The van der Waals surface area contributed by atoms with Gasteiger partial charge >= 0.3 is 5.97 Å². The Morgan fingerprint density at radius 3 is 2.24 bits per heavy atom. The van der Waals surface area contributed by atoms with Crippen LogP contribution in [0.3, 0.4) is 0 Å². The molecule has 0 aromatic rings. The van der Waals surface area contributed by atoms with Crippen LogP contribution in [-0.2, 0) is 23.8 Å². The molecule has 1 unspecified atom stereocenters. The first-order valence-electron chi connectivity index (χ1n) is 5.32. The zero-order valence-corrected chi connectivity index (χ0v) is 11.5. The van der Waals surface area contributed by atoms with Crippen LogP contribution in [0.25, 0.3) is 0 Å². The molecule has 0 aliphatic carbocycles. The van der Waals surface area contributed by atoms with Crippen molar-refractivity contribution in [1.82, 2.24) is 0 Å². The lowest BCUT2D eigenvalue weighted by Crippen LogP contribution is -2.32. The highest BCUT2D eigenvalue weighted by Gasteiger charge is 2.26. The standard InChI is InChI=1S/C10H21NO5S/c1-10(2,3)16-9(12)8(5-6-11)7-15-17(4,13)14/h8H,5-7,11H2,1-4H3. The fourth-order valence-corrected chi connectivity index (χ4v) is 1.47. The van der Waals surface area contributed by atoms with Crippen LogP contribution < -0.4 is 5.73 Å². The van der Waals surface area contributed by atoms with Gasteiger partial charge in [0.15, 0.2) is 0 Å². The summed E-state index contributed by atoms with van der Waals surface area (Å²) in [7, 11) is -3.56. The lowest BCUT2D eigenvalue weighted by molar-refractivity contribution is -0.161. The maximum absolute atomic E-state index is 11.7. The molecule has 0 aromatic carbocycles. The third-order valence-corrected chi connectivity index (χ3v) is 2.30. The second-order valence-electron chi connectivity index (χ2n) is 4.80. The van der Waals surface area contributed by atoms with Crippen molar-refractivity contribution in [3.05, 3.63) is 0 Å². The van der Waals surface area contributed by atoms with Crippen LogP contribution in [0.5, 0.6) is 0 Å². The third kappa shape index (κ3) is 9.08. The molecule has 6 nitrogen and oxygen atoms in total. The molecule has 0 heterocycles. The molecule has 0 rings (SSSR count). The summed E-state index contributed by atoms with van der Waals surface area (Å²) in [4.78, 5) is 11.7. The molecule has 2 N–H and O–H groups in total.